The molecule has 9 heteroatoms. The van der Waals surface area contributed by atoms with Gasteiger partial charge < -0.3 is 19.3 Å². The number of halogens is 2. The van der Waals surface area contributed by atoms with Crippen LogP contribution in [0.2, 0.25) is 5.02 Å². The molecule has 3 heterocycles. The summed E-state index contributed by atoms with van der Waals surface area (Å²) in [6.07, 6.45) is 7.82. The molecule has 0 atom stereocenters. The zero-order chi connectivity index (χ0) is 21.3. The van der Waals surface area contributed by atoms with Gasteiger partial charge in [0.15, 0.2) is 17.2 Å². The number of hydrogen-bond acceptors (Lipinski definition) is 6. The van der Waals surface area contributed by atoms with Gasteiger partial charge in [-0.2, -0.15) is 5.10 Å². The number of rotatable bonds is 4. The van der Waals surface area contributed by atoms with Crippen LogP contribution in [0, 0.1) is 5.82 Å². The zero-order valence-electron chi connectivity index (χ0n) is 17.2. The molecule has 31 heavy (non-hydrogen) atoms. The lowest BCUT2D eigenvalue weighted by Gasteiger charge is -2.42. The summed E-state index contributed by atoms with van der Waals surface area (Å²) in [6, 6.07) is 1.84. The van der Waals surface area contributed by atoms with E-state index in [1.54, 1.807) is 0 Å². The molecule has 7 nitrogen and oxygen atoms in total. The van der Waals surface area contributed by atoms with Crippen molar-refractivity contribution in [2.24, 2.45) is 0 Å². The smallest absolute Gasteiger partial charge is 0.190 e. The number of fused-ring (bicyclic) bond motifs is 3. The number of H-pyrrole nitrogens is 1. The number of aromatic nitrogens is 3. The molecular formula is C22H21ClFN5O2. The van der Waals surface area contributed by atoms with E-state index in [-0.39, 0.29) is 16.5 Å². The molecule has 160 valence electrons. The average Bonchev–Trinajstić information content (AvgIpc) is 3.70. The fraction of sp³-hybridized carbons (Fsp3) is 0.364. The first-order chi connectivity index (χ1) is 15.1. The number of nitrogens with one attached hydrogen (secondary N) is 1. The summed E-state index contributed by atoms with van der Waals surface area (Å²) < 4.78 is 26.4. The fourth-order valence-corrected chi connectivity index (χ4v) is 4.76. The number of pyridine rings is 1. The van der Waals surface area contributed by atoms with Gasteiger partial charge in [-0.15, -0.1) is 0 Å². The number of allylic oxidation sites excluding steroid dienone is 1. The Kier molecular flexibility index (Phi) is 4.08. The van der Waals surface area contributed by atoms with Crippen LogP contribution in [0.1, 0.15) is 31.2 Å². The lowest BCUT2D eigenvalue weighted by atomic mass is 10.1. The first-order valence-corrected chi connectivity index (χ1v) is 10.7. The number of hydrogen-bond donors (Lipinski definition) is 1. The van der Waals surface area contributed by atoms with E-state index in [1.807, 2.05) is 17.3 Å². The first kappa shape index (κ1) is 18.7. The summed E-state index contributed by atoms with van der Waals surface area (Å²) in [5, 5.41) is 8.39. The standard InChI is InChI=1S/C22H21ClFN5O2/c1-30-15-7-16(31-2)18(24)20(17(15)23)28-10-12-8-25-21-14(9-26-27-21)19(12)29(13-5-6-13)22(28)11-3-4-11/h7-9,13H,3-6,10H2,1-2H3,(H,25,26,27). The van der Waals surface area contributed by atoms with Crippen molar-refractivity contribution < 1.29 is 13.9 Å². The van der Waals surface area contributed by atoms with Crippen LogP contribution in [0.15, 0.2) is 29.9 Å². The minimum Gasteiger partial charge on any atom is -0.495 e. The van der Waals surface area contributed by atoms with Gasteiger partial charge in [-0.25, -0.2) is 9.37 Å². The van der Waals surface area contributed by atoms with Crippen molar-refractivity contribution in [2.45, 2.75) is 38.3 Å². The van der Waals surface area contributed by atoms with E-state index < -0.39 is 5.82 Å². The van der Waals surface area contributed by atoms with Gasteiger partial charge in [-0.3, -0.25) is 5.10 Å². The Morgan fingerprint density at radius 2 is 1.90 bits per heavy atom. The van der Waals surface area contributed by atoms with E-state index >= 15 is 4.39 Å². The maximum atomic E-state index is 15.6. The van der Waals surface area contributed by atoms with Crippen LogP contribution in [0.3, 0.4) is 0 Å². The highest BCUT2D eigenvalue weighted by atomic mass is 35.5. The molecule has 1 aromatic carbocycles. The fourth-order valence-electron chi connectivity index (χ4n) is 4.44. The van der Waals surface area contributed by atoms with Crippen LogP contribution in [-0.2, 0) is 6.54 Å². The van der Waals surface area contributed by atoms with Gasteiger partial charge in [-0.1, -0.05) is 11.6 Å². The van der Waals surface area contributed by atoms with E-state index in [1.165, 1.54) is 25.9 Å². The van der Waals surface area contributed by atoms with Crippen LogP contribution in [0.5, 0.6) is 11.5 Å². The third-order valence-corrected chi connectivity index (χ3v) is 6.50. The molecule has 1 N–H and O–H groups in total. The molecule has 2 aliphatic carbocycles. The van der Waals surface area contributed by atoms with Crippen LogP contribution < -0.4 is 19.3 Å². The van der Waals surface area contributed by atoms with Gasteiger partial charge in [0.2, 0.25) is 0 Å². The second-order valence-corrected chi connectivity index (χ2v) is 8.51. The predicted octanol–water partition coefficient (Wildman–Crippen LogP) is 4.76. The highest BCUT2D eigenvalue weighted by Crippen LogP contribution is 2.52. The molecule has 0 spiro atoms. The van der Waals surface area contributed by atoms with Crippen molar-refractivity contribution in [3.05, 3.63) is 46.3 Å². The molecule has 2 aromatic heterocycles. The molecule has 2 fully saturated rings. The maximum absolute atomic E-state index is 15.6. The van der Waals surface area contributed by atoms with Gasteiger partial charge in [0.25, 0.3) is 0 Å². The minimum atomic E-state index is -0.497. The molecule has 0 amide bonds. The molecule has 0 unspecified atom stereocenters. The van der Waals surface area contributed by atoms with Gasteiger partial charge in [0.05, 0.1) is 38.0 Å². The molecular weight excluding hydrogens is 421 g/mol. The lowest BCUT2D eigenvalue weighted by Crippen LogP contribution is -2.42. The molecule has 6 rings (SSSR count). The summed E-state index contributed by atoms with van der Waals surface area (Å²) in [5.41, 5.74) is 4.44. The molecule has 0 saturated heterocycles. The summed E-state index contributed by atoms with van der Waals surface area (Å²) >= 11 is 6.68. The second kappa shape index (κ2) is 6.75. The molecule has 0 radical (unpaired) electrons. The third kappa shape index (κ3) is 2.77. The summed E-state index contributed by atoms with van der Waals surface area (Å²) in [6.45, 7) is 0.443. The predicted molar refractivity (Wildman–Crippen MR) is 116 cm³/mol. The zero-order valence-corrected chi connectivity index (χ0v) is 18.0. The minimum absolute atomic E-state index is 0.101. The Bertz CT molecular complexity index is 1220. The van der Waals surface area contributed by atoms with Crippen molar-refractivity contribution in [1.82, 2.24) is 15.2 Å². The van der Waals surface area contributed by atoms with Crippen molar-refractivity contribution >= 4 is 34.0 Å². The second-order valence-electron chi connectivity index (χ2n) is 8.14. The Hall–Kier alpha value is -3.00. The highest BCUT2D eigenvalue weighted by Gasteiger charge is 2.43. The van der Waals surface area contributed by atoms with Crippen molar-refractivity contribution in [3.63, 3.8) is 0 Å². The highest BCUT2D eigenvalue weighted by molar-refractivity contribution is 6.35. The Morgan fingerprint density at radius 3 is 2.58 bits per heavy atom. The van der Waals surface area contributed by atoms with E-state index in [0.717, 1.165) is 53.8 Å². The number of benzene rings is 1. The van der Waals surface area contributed by atoms with E-state index in [4.69, 9.17) is 21.1 Å². The van der Waals surface area contributed by atoms with Gasteiger partial charge in [0, 0.05) is 23.9 Å². The Morgan fingerprint density at radius 1 is 1.13 bits per heavy atom. The van der Waals surface area contributed by atoms with Gasteiger partial charge in [-0.05, 0) is 31.3 Å². The van der Waals surface area contributed by atoms with E-state index in [2.05, 4.69) is 20.1 Å². The number of ether oxygens (including phenoxy) is 2. The number of methoxy groups -OCH3 is 2. The maximum Gasteiger partial charge on any atom is 0.190 e. The van der Waals surface area contributed by atoms with Gasteiger partial charge in [0.1, 0.15) is 22.3 Å². The Labute approximate surface area is 183 Å². The van der Waals surface area contributed by atoms with Crippen molar-refractivity contribution in [2.75, 3.05) is 24.0 Å². The molecule has 3 aromatic rings. The van der Waals surface area contributed by atoms with Gasteiger partial charge >= 0.3 is 0 Å². The SMILES string of the molecule is COc1cc(OC)c(Cl)c(N2Cc3cnc4[nH]ncc4c3N(C3CC3)C2=C2CC2)c1F. The molecule has 2 saturated carbocycles. The van der Waals surface area contributed by atoms with Crippen LogP contribution in [0.25, 0.3) is 11.0 Å². The van der Waals surface area contributed by atoms with Crippen LogP contribution in [0.4, 0.5) is 15.8 Å². The van der Waals surface area contributed by atoms with Crippen molar-refractivity contribution in [1.29, 1.82) is 0 Å². The summed E-state index contributed by atoms with van der Waals surface area (Å²) in [7, 11) is 2.96. The number of anilines is 2. The molecule has 0 bridgehead atoms. The summed E-state index contributed by atoms with van der Waals surface area (Å²) in [5.74, 6) is 0.995. The van der Waals surface area contributed by atoms with E-state index in [9.17, 15) is 0 Å². The number of nitrogens with zero attached hydrogens (tertiary/aromatic N) is 4. The van der Waals surface area contributed by atoms with Crippen molar-refractivity contribution in [3.8, 4) is 11.5 Å². The first-order valence-electron chi connectivity index (χ1n) is 10.3. The lowest BCUT2D eigenvalue weighted by molar-refractivity contribution is 0.374. The quantitative estimate of drug-likeness (QED) is 0.629. The summed E-state index contributed by atoms with van der Waals surface area (Å²) in [4.78, 5) is 8.85. The Balaban J connectivity index is 1.62. The molecule has 1 aliphatic heterocycles. The largest absolute Gasteiger partial charge is 0.495 e. The molecule has 3 aliphatic rings. The topological polar surface area (TPSA) is 66.5 Å². The average molecular weight is 442 g/mol. The third-order valence-electron chi connectivity index (χ3n) is 6.13. The normalized spacial score (nSPS) is 17.9. The number of aromatic amines is 1. The van der Waals surface area contributed by atoms with Crippen LogP contribution >= 0.6 is 11.6 Å². The van der Waals surface area contributed by atoms with E-state index in [0.29, 0.717) is 18.3 Å². The van der Waals surface area contributed by atoms with Crippen LogP contribution in [-0.4, -0.2) is 35.4 Å². The monoisotopic (exact) mass is 441 g/mol.